The number of piperidine rings is 1. The molecule has 0 amide bonds. The van der Waals surface area contributed by atoms with Crippen LogP contribution < -0.4 is 5.32 Å². The topological polar surface area (TPSA) is 32.3 Å². The molecule has 136 valence electrons. The van der Waals surface area contributed by atoms with Gasteiger partial charge in [-0.3, -0.25) is 0 Å². The summed E-state index contributed by atoms with van der Waals surface area (Å²) >= 11 is 0. The standard InChI is InChI=1S/C12H24N2.C9H12O/c1-10-3-4-11(13-9-10)7-8-14(2)12-5-6-12;10-8-4-7-9-5-2-1-3-6-9/h10-13H,3-9H2,1-2H3;2,5-6,8H,1,3-4,7H2/t10?,11-;/m1./s1. The first-order valence-corrected chi connectivity index (χ1v) is 9.92. The van der Waals surface area contributed by atoms with Gasteiger partial charge in [0.15, 0.2) is 0 Å². The maximum atomic E-state index is 10.00. The normalized spacial score (nSPS) is 26.5. The Labute approximate surface area is 148 Å². The van der Waals surface area contributed by atoms with Crippen LogP contribution in [0.25, 0.3) is 0 Å². The number of allylic oxidation sites excluding steroid dienone is 4. The van der Waals surface area contributed by atoms with Crippen LogP contribution in [0, 0.1) is 5.92 Å². The highest BCUT2D eigenvalue weighted by Crippen LogP contribution is 2.26. The van der Waals surface area contributed by atoms with Crippen molar-refractivity contribution in [2.45, 2.75) is 76.8 Å². The number of rotatable bonds is 7. The Hall–Kier alpha value is -0.930. The molecule has 0 bridgehead atoms. The first kappa shape index (κ1) is 19.4. The Morgan fingerprint density at radius 3 is 2.67 bits per heavy atom. The van der Waals surface area contributed by atoms with Crippen molar-refractivity contribution in [3.63, 3.8) is 0 Å². The zero-order chi connectivity index (χ0) is 17.2. The van der Waals surface area contributed by atoms with Gasteiger partial charge in [-0.05, 0) is 77.4 Å². The molecule has 2 aliphatic carbocycles. The van der Waals surface area contributed by atoms with Crippen molar-refractivity contribution in [2.24, 2.45) is 5.92 Å². The van der Waals surface area contributed by atoms with E-state index in [1.165, 1.54) is 50.8 Å². The minimum Gasteiger partial charge on any atom is -0.314 e. The molecule has 0 aromatic rings. The molecule has 0 radical (unpaired) electrons. The molecule has 3 nitrogen and oxygen atoms in total. The fraction of sp³-hybridized carbons (Fsp3) is 0.762. The molecule has 1 saturated carbocycles. The largest absolute Gasteiger partial charge is 0.314 e. The summed E-state index contributed by atoms with van der Waals surface area (Å²) < 4.78 is 0. The summed E-state index contributed by atoms with van der Waals surface area (Å²) in [5.74, 6) is 0.896. The van der Waals surface area contributed by atoms with E-state index in [-0.39, 0.29) is 0 Å². The molecular weight excluding hydrogens is 296 g/mol. The van der Waals surface area contributed by atoms with Gasteiger partial charge in [-0.1, -0.05) is 30.7 Å². The SMILES string of the molecule is CC1CC[C@H](CCN(C)C2CC2)NC1.O=CCCC1=CCCC=C1. The quantitative estimate of drug-likeness (QED) is 0.712. The van der Waals surface area contributed by atoms with E-state index in [0.29, 0.717) is 6.42 Å². The van der Waals surface area contributed by atoms with Crippen LogP contribution >= 0.6 is 0 Å². The van der Waals surface area contributed by atoms with E-state index >= 15 is 0 Å². The molecule has 1 N–H and O–H groups in total. The van der Waals surface area contributed by atoms with Gasteiger partial charge in [-0.15, -0.1) is 0 Å². The Morgan fingerprint density at radius 2 is 2.08 bits per heavy atom. The van der Waals surface area contributed by atoms with Crippen molar-refractivity contribution in [2.75, 3.05) is 20.1 Å². The minimum atomic E-state index is 0.663. The second-order valence-corrected chi connectivity index (χ2v) is 7.75. The van der Waals surface area contributed by atoms with Crippen molar-refractivity contribution in [1.29, 1.82) is 0 Å². The zero-order valence-electron chi connectivity index (χ0n) is 15.7. The van der Waals surface area contributed by atoms with Gasteiger partial charge in [0.25, 0.3) is 0 Å². The van der Waals surface area contributed by atoms with Gasteiger partial charge >= 0.3 is 0 Å². The highest BCUT2D eigenvalue weighted by molar-refractivity contribution is 5.50. The number of aldehydes is 1. The van der Waals surface area contributed by atoms with E-state index in [9.17, 15) is 4.79 Å². The summed E-state index contributed by atoms with van der Waals surface area (Å²) in [7, 11) is 2.28. The van der Waals surface area contributed by atoms with E-state index in [4.69, 9.17) is 0 Å². The third kappa shape index (κ3) is 7.76. The van der Waals surface area contributed by atoms with Gasteiger partial charge in [0.1, 0.15) is 6.29 Å². The Kier molecular flexibility index (Phi) is 8.76. The van der Waals surface area contributed by atoms with Gasteiger partial charge in [-0.25, -0.2) is 0 Å². The summed E-state index contributed by atoms with van der Waals surface area (Å²) in [6.07, 6.45) is 18.4. The molecule has 0 aromatic carbocycles. The van der Waals surface area contributed by atoms with Crippen LogP contribution in [0.4, 0.5) is 0 Å². The van der Waals surface area contributed by atoms with Crippen molar-refractivity contribution in [3.05, 3.63) is 23.8 Å². The van der Waals surface area contributed by atoms with Gasteiger partial charge in [-0.2, -0.15) is 0 Å². The summed E-state index contributed by atoms with van der Waals surface area (Å²) in [6, 6.07) is 1.73. The lowest BCUT2D eigenvalue weighted by Crippen LogP contribution is -2.40. The van der Waals surface area contributed by atoms with Crippen molar-refractivity contribution < 1.29 is 4.79 Å². The summed E-state index contributed by atoms with van der Waals surface area (Å²) in [4.78, 5) is 12.5. The molecular formula is C21H36N2O. The Balaban J connectivity index is 0.000000185. The van der Waals surface area contributed by atoms with Crippen LogP contribution in [-0.2, 0) is 4.79 Å². The fourth-order valence-corrected chi connectivity index (χ4v) is 3.44. The van der Waals surface area contributed by atoms with Crippen LogP contribution in [0.2, 0.25) is 0 Å². The first-order chi connectivity index (χ1) is 11.7. The predicted molar refractivity (Wildman–Crippen MR) is 102 cm³/mol. The third-order valence-electron chi connectivity index (χ3n) is 5.39. The number of hydrogen-bond donors (Lipinski definition) is 1. The molecule has 2 fully saturated rings. The summed E-state index contributed by atoms with van der Waals surface area (Å²) in [5.41, 5.74) is 1.32. The Morgan fingerprint density at radius 1 is 1.25 bits per heavy atom. The maximum Gasteiger partial charge on any atom is 0.120 e. The number of hydrogen-bond acceptors (Lipinski definition) is 3. The molecule has 3 heteroatoms. The highest BCUT2D eigenvalue weighted by atomic mass is 16.1. The number of nitrogens with one attached hydrogen (secondary N) is 1. The number of carbonyl (C=O) groups excluding carboxylic acids is 1. The van der Waals surface area contributed by atoms with Crippen molar-refractivity contribution in [3.8, 4) is 0 Å². The van der Waals surface area contributed by atoms with Crippen molar-refractivity contribution >= 4 is 6.29 Å². The van der Waals surface area contributed by atoms with Gasteiger partial charge in [0, 0.05) is 18.5 Å². The summed E-state index contributed by atoms with van der Waals surface area (Å²) in [6.45, 7) is 4.87. The van der Waals surface area contributed by atoms with E-state index in [0.717, 1.165) is 43.6 Å². The molecule has 0 aromatic heterocycles. The van der Waals surface area contributed by atoms with Gasteiger partial charge in [0.05, 0.1) is 0 Å². The lowest BCUT2D eigenvalue weighted by atomic mass is 9.95. The molecule has 24 heavy (non-hydrogen) atoms. The molecule has 2 atom stereocenters. The molecule has 1 heterocycles. The van der Waals surface area contributed by atoms with Crippen molar-refractivity contribution in [1.82, 2.24) is 10.2 Å². The third-order valence-corrected chi connectivity index (χ3v) is 5.39. The molecule has 1 aliphatic heterocycles. The summed E-state index contributed by atoms with van der Waals surface area (Å²) in [5, 5.41) is 3.66. The molecule has 3 rings (SSSR count). The molecule has 0 spiro atoms. The zero-order valence-corrected chi connectivity index (χ0v) is 15.7. The second kappa shape index (κ2) is 10.8. The first-order valence-electron chi connectivity index (χ1n) is 9.92. The molecule has 1 saturated heterocycles. The average Bonchev–Trinajstić information content (AvgIpc) is 3.46. The second-order valence-electron chi connectivity index (χ2n) is 7.75. The van der Waals surface area contributed by atoms with Gasteiger partial charge in [0.2, 0.25) is 0 Å². The van der Waals surface area contributed by atoms with E-state index in [2.05, 4.69) is 42.4 Å². The van der Waals surface area contributed by atoms with E-state index in [1.807, 2.05) is 0 Å². The lowest BCUT2D eigenvalue weighted by molar-refractivity contribution is -0.107. The number of carbonyl (C=O) groups is 1. The van der Waals surface area contributed by atoms with Crippen LogP contribution in [-0.4, -0.2) is 43.4 Å². The van der Waals surface area contributed by atoms with Crippen LogP contribution in [0.3, 0.4) is 0 Å². The van der Waals surface area contributed by atoms with Crippen LogP contribution in [0.15, 0.2) is 23.8 Å². The average molecular weight is 333 g/mol. The Bertz CT molecular complexity index is 418. The monoisotopic (exact) mass is 332 g/mol. The smallest absolute Gasteiger partial charge is 0.120 e. The minimum absolute atomic E-state index is 0.663. The fourth-order valence-electron chi connectivity index (χ4n) is 3.44. The predicted octanol–water partition coefficient (Wildman–Crippen LogP) is 4.10. The number of nitrogens with zero attached hydrogens (tertiary/aromatic N) is 1. The maximum absolute atomic E-state index is 10.00. The molecule has 3 aliphatic rings. The van der Waals surface area contributed by atoms with Crippen LogP contribution in [0.5, 0.6) is 0 Å². The van der Waals surface area contributed by atoms with E-state index < -0.39 is 0 Å². The lowest BCUT2D eigenvalue weighted by Gasteiger charge is -2.29. The highest BCUT2D eigenvalue weighted by Gasteiger charge is 2.26. The van der Waals surface area contributed by atoms with Gasteiger partial charge < -0.3 is 15.0 Å². The van der Waals surface area contributed by atoms with E-state index in [1.54, 1.807) is 0 Å². The molecule has 1 unspecified atom stereocenters. The van der Waals surface area contributed by atoms with Crippen LogP contribution in [0.1, 0.15) is 64.7 Å².